The maximum atomic E-state index is 14.2. The molecule has 4 N–H and O–H groups in total. The normalized spacial score (nSPS) is 26.2. The van der Waals surface area contributed by atoms with Crippen molar-refractivity contribution in [1.29, 1.82) is 0 Å². The molecule has 2 aliphatic rings. The van der Waals surface area contributed by atoms with Gasteiger partial charge in [0.25, 0.3) is 0 Å². The number of allylic oxidation sites excluding steroid dienone is 1. The molecule has 1 saturated carbocycles. The average Bonchev–Trinajstić information content (AvgIpc) is 3.33. The summed E-state index contributed by atoms with van der Waals surface area (Å²) in [5.41, 5.74) is 6.26. The number of nitrogens with one attached hydrogen (secondary N) is 2. The number of aromatic nitrogens is 4. The molecule has 4 rings (SSSR count). The van der Waals surface area contributed by atoms with Crippen molar-refractivity contribution in [3.8, 4) is 0 Å². The van der Waals surface area contributed by atoms with Crippen LogP contribution in [0.1, 0.15) is 13.3 Å². The highest BCUT2D eigenvalue weighted by Crippen LogP contribution is 2.44. The Morgan fingerprint density at radius 3 is 2.92 bits per heavy atom. The van der Waals surface area contributed by atoms with Crippen LogP contribution in [-0.4, -0.2) is 31.7 Å². The lowest BCUT2D eigenvalue weighted by Gasteiger charge is -2.27. The Hall–Kier alpha value is -2.97. The van der Waals surface area contributed by atoms with Crippen molar-refractivity contribution >= 4 is 23.4 Å². The monoisotopic (exact) mass is 357 g/mol. The van der Waals surface area contributed by atoms with Gasteiger partial charge in [0.1, 0.15) is 0 Å². The molecule has 4 atom stereocenters. The van der Waals surface area contributed by atoms with E-state index in [9.17, 15) is 9.18 Å². The van der Waals surface area contributed by atoms with Crippen LogP contribution in [0, 0.1) is 23.6 Å². The fourth-order valence-corrected chi connectivity index (χ4v) is 3.82. The van der Waals surface area contributed by atoms with E-state index in [4.69, 9.17) is 5.73 Å². The summed E-state index contributed by atoms with van der Waals surface area (Å²) >= 11 is 0. The zero-order chi connectivity index (χ0) is 18.3. The molecule has 2 heterocycles. The van der Waals surface area contributed by atoms with E-state index in [0.29, 0.717) is 5.69 Å². The minimum Gasteiger partial charge on any atom is -0.369 e. The zero-order valence-corrected chi connectivity index (χ0v) is 14.3. The van der Waals surface area contributed by atoms with Gasteiger partial charge in [-0.1, -0.05) is 12.2 Å². The molecule has 0 unspecified atom stereocenters. The van der Waals surface area contributed by atoms with Gasteiger partial charge < -0.3 is 16.4 Å². The first-order valence-corrected chi connectivity index (χ1v) is 8.61. The van der Waals surface area contributed by atoms with Crippen molar-refractivity contribution in [2.75, 3.05) is 10.6 Å². The van der Waals surface area contributed by atoms with Crippen molar-refractivity contribution in [2.24, 2.45) is 23.5 Å². The Balaban J connectivity index is 1.55. The van der Waals surface area contributed by atoms with Crippen LogP contribution in [0.4, 0.5) is 21.8 Å². The molecular weight excluding hydrogens is 337 g/mol. The number of nitrogens with two attached hydrogens (primary N) is 1. The fraction of sp³-hybridized carbons (Fsp3) is 0.412. The van der Waals surface area contributed by atoms with E-state index < -0.39 is 5.82 Å². The van der Waals surface area contributed by atoms with Crippen molar-refractivity contribution in [1.82, 2.24) is 19.7 Å². The molecule has 9 heteroatoms. The predicted molar refractivity (Wildman–Crippen MR) is 94.0 cm³/mol. The van der Waals surface area contributed by atoms with Gasteiger partial charge in [0.2, 0.25) is 11.9 Å². The molecule has 1 amide bonds. The SMILES string of the molecule is CCn1cc(Nc2ncc(F)c(N[C@H]3[C@@H](C(N)=O)[C@@H]4C=C[C@H]3C4)n2)cn1. The molecule has 26 heavy (non-hydrogen) atoms. The second kappa shape index (κ2) is 6.40. The summed E-state index contributed by atoms with van der Waals surface area (Å²) in [6.45, 7) is 2.72. The molecular formula is C17H20FN7O. The standard InChI is InChI=1S/C17H20FN7O/c1-2-25-8-11(6-21-25)22-17-20-7-12(18)16(24-17)23-14-10-4-3-9(5-10)13(14)15(19)26/h3-4,6-10,13-14H,2,5H2,1H3,(H2,19,26)(H2,20,22,23,24)/t9-,10+,13+,14-/m1/s1. The second-order valence-electron chi connectivity index (χ2n) is 6.65. The van der Waals surface area contributed by atoms with E-state index in [0.717, 1.165) is 19.2 Å². The molecule has 2 bridgehead atoms. The van der Waals surface area contributed by atoms with Gasteiger partial charge in [-0.2, -0.15) is 10.1 Å². The van der Waals surface area contributed by atoms with Crippen molar-refractivity contribution < 1.29 is 9.18 Å². The molecule has 0 radical (unpaired) electrons. The molecule has 2 aliphatic carbocycles. The van der Waals surface area contributed by atoms with E-state index in [-0.39, 0.29) is 41.5 Å². The van der Waals surface area contributed by atoms with Crippen LogP contribution in [-0.2, 0) is 11.3 Å². The summed E-state index contributed by atoms with van der Waals surface area (Å²) in [4.78, 5) is 20.0. The smallest absolute Gasteiger partial charge is 0.229 e. The average molecular weight is 357 g/mol. The summed E-state index contributed by atoms with van der Waals surface area (Å²) in [5.74, 6) is -0.752. The largest absolute Gasteiger partial charge is 0.369 e. The minimum atomic E-state index is -0.574. The third-order valence-corrected chi connectivity index (χ3v) is 5.05. The number of fused-ring (bicyclic) bond motifs is 2. The highest BCUT2D eigenvalue weighted by molar-refractivity contribution is 5.79. The van der Waals surface area contributed by atoms with E-state index in [1.807, 2.05) is 19.2 Å². The first-order valence-electron chi connectivity index (χ1n) is 8.61. The summed E-state index contributed by atoms with van der Waals surface area (Å²) < 4.78 is 16.0. The first-order chi connectivity index (χ1) is 12.5. The summed E-state index contributed by atoms with van der Waals surface area (Å²) in [6.07, 6.45) is 9.48. The van der Waals surface area contributed by atoms with Crippen molar-refractivity contribution in [3.63, 3.8) is 0 Å². The van der Waals surface area contributed by atoms with Crippen LogP contribution < -0.4 is 16.4 Å². The van der Waals surface area contributed by atoms with Gasteiger partial charge in [0.05, 0.1) is 24.0 Å². The van der Waals surface area contributed by atoms with Gasteiger partial charge in [-0.05, 0) is 25.2 Å². The van der Waals surface area contributed by atoms with Gasteiger partial charge in [0, 0.05) is 18.8 Å². The third-order valence-electron chi connectivity index (χ3n) is 5.05. The molecule has 0 spiro atoms. The number of rotatable bonds is 6. The first kappa shape index (κ1) is 16.5. The lowest BCUT2D eigenvalue weighted by atomic mass is 9.88. The Labute approximate surface area is 149 Å². The number of nitrogens with zero attached hydrogens (tertiary/aromatic N) is 4. The third kappa shape index (κ3) is 2.89. The molecule has 0 aromatic carbocycles. The topological polar surface area (TPSA) is 111 Å². The van der Waals surface area contributed by atoms with Crippen molar-refractivity contribution in [2.45, 2.75) is 25.9 Å². The van der Waals surface area contributed by atoms with Gasteiger partial charge in [-0.15, -0.1) is 0 Å². The number of carbonyl (C=O) groups is 1. The Morgan fingerprint density at radius 1 is 1.38 bits per heavy atom. The van der Waals surface area contributed by atoms with Crippen LogP contribution in [0.25, 0.3) is 0 Å². The number of anilines is 3. The van der Waals surface area contributed by atoms with E-state index in [2.05, 4.69) is 31.8 Å². The van der Waals surface area contributed by atoms with Gasteiger partial charge >= 0.3 is 0 Å². The Kier molecular flexibility index (Phi) is 4.06. The number of hydrogen-bond donors (Lipinski definition) is 3. The Bertz CT molecular complexity index is 865. The predicted octanol–water partition coefficient (Wildman–Crippen LogP) is 1.66. The minimum absolute atomic E-state index is 0.0579. The highest BCUT2D eigenvalue weighted by atomic mass is 19.1. The van der Waals surface area contributed by atoms with Gasteiger partial charge in [-0.3, -0.25) is 9.48 Å². The second-order valence-corrected chi connectivity index (χ2v) is 6.65. The Morgan fingerprint density at radius 2 is 2.19 bits per heavy atom. The molecule has 0 aliphatic heterocycles. The van der Waals surface area contributed by atoms with Crippen LogP contribution >= 0.6 is 0 Å². The number of aryl methyl sites for hydroxylation is 1. The lowest BCUT2D eigenvalue weighted by molar-refractivity contribution is -0.122. The summed E-state index contributed by atoms with van der Waals surface area (Å²) in [7, 11) is 0. The van der Waals surface area contributed by atoms with E-state index >= 15 is 0 Å². The molecule has 136 valence electrons. The molecule has 2 aromatic rings. The van der Waals surface area contributed by atoms with Crippen LogP contribution in [0.3, 0.4) is 0 Å². The summed E-state index contributed by atoms with van der Waals surface area (Å²) in [5, 5.41) is 10.2. The molecule has 8 nitrogen and oxygen atoms in total. The quantitative estimate of drug-likeness (QED) is 0.678. The van der Waals surface area contributed by atoms with E-state index in [1.165, 1.54) is 0 Å². The van der Waals surface area contributed by atoms with Gasteiger partial charge in [-0.25, -0.2) is 9.37 Å². The number of primary amides is 1. The zero-order valence-electron chi connectivity index (χ0n) is 14.3. The lowest BCUT2D eigenvalue weighted by Crippen LogP contribution is -2.41. The summed E-state index contributed by atoms with van der Waals surface area (Å²) in [6, 6.07) is -0.261. The van der Waals surface area contributed by atoms with Gasteiger partial charge in [0.15, 0.2) is 11.6 Å². The number of amides is 1. The number of hydrogen-bond acceptors (Lipinski definition) is 6. The highest BCUT2D eigenvalue weighted by Gasteiger charge is 2.47. The maximum Gasteiger partial charge on any atom is 0.229 e. The van der Waals surface area contributed by atoms with E-state index in [1.54, 1.807) is 10.9 Å². The molecule has 2 aromatic heterocycles. The number of halogens is 1. The van der Waals surface area contributed by atoms with Crippen LogP contribution in [0.2, 0.25) is 0 Å². The molecule has 1 fully saturated rings. The van der Waals surface area contributed by atoms with Crippen LogP contribution in [0.15, 0.2) is 30.7 Å². The number of carbonyl (C=O) groups excluding carboxylic acids is 1. The molecule has 0 saturated heterocycles. The van der Waals surface area contributed by atoms with Crippen LogP contribution in [0.5, 0.6) is 0 Å². The van der Waals surface area contributed by atoms with Crippen molar-refractivity contribution in [3.05, 3.63) is 36.6 Å². The maximum absolute atomic E-state index is 14.2. The fourth-order valence-electron chi connectivity index (χ4n) is 3.82.